The van der Waals surface area contributed by atoms with E-state index < -0.39 is 5.97 Å². The number of hydrogen-bond donors (Lipinski definition) is 1. The average molecular weight is 366 g/mol. The molecule has 27 heavy (non-hydrogen) atoms. The molecule has 1 aliphatic rings. The molecule has 2 atom stereocenters. The van der Waals surface area contributed by atoms with Crippen molar-refractivity contribution in [2.75, 3.05) is 7.05 Å². The van der Waals surface area contributed by atoms with Crippen molar-refractivity contribution in [3.63, 3.8) is 0 Å². The first-order valence-corrected chi connectivity index (χ1v) is 9.98. The van der Waals surface area contributed by atoms with E-state index >= 15 is 0 Å². The fourth-order valence-corrected chi connectivity index (χ4v) is 4.29. The topological polar surface area (TPSA) is 40.5 Å². The first-order chi connectivity index (χ1) is 12.9. The number of rotatable bonds is 6. The smallest absolute Gasteiger partial charge is 0.307 e. The minimum atomic E-state index is -0.646. The molecule has 0 aromatic heterocycles. The Labute approximate surface area is 163 Å². The van der Waals surface area contributed by atoms with Gasteiger partial charge < -0.3 is 5.11 Å². The van der Waals surface area contributed by atoms with Gasteiger partial charge in [0.05, 0.1) is 5.92 Å². The van der Waals surface area contributed by atoms with Crippen molar-refractivity contribution in [2.24, 2.45) is 5.92 Å². The van der Waals surface area contributed by atoms with Crippen LogP contribution in [0, 0.1) is 5.92 Å². The van der Waals surface area contributed by atoms with Crippen LogP contribution in [0.25, 0.3) is 0 Å². The number of nitrogens with zero attached hydrogens (tertiary/aromatic N) is 1. The van der Waals surface area contributed by atoms with E-state index in [2.05, 4.69) is 74.3 Å². The lowest BCUT2D eigenvalue weighted by molar-refractivity contribution is -0.143. The average Bonchev–Trinajstić information content (AvgIpc) is 2.68. The molecule has 1 saturated carbocycles. The van der Waals surface area contributed by atoms with E-state index in [1.165, 1.54) is 16.7 Å². The molecule has 3 heteroatoms. The largest absolute Gasteiger partial charge is 0.481 e. The number of carboxylic acid groups (broad SMARTS) is 1. The molecule has 144 valence electrons. The highest BCUT2D eigenvalue weighted by atomic mass is 16.4. The minimum absolute atomic E-state index is 0.0777. The number of carboxylic acids is 1. The van der Waals surface area contributed by atoms with E-state index in [0.29, 0.717) is 0 Å². The van der Waals surface area contributed by atoms with Gasteiger partial charge in [-0.15, -0.1) is 0 Å². The summed E-state index contributed by atoms with van der Waals surface area (Å²) in [5.41, 5.74) is 3.65. The van der Waals surface area contributed by atoms with Crippen molar-refractivity contribution < 1.29 is 9.90 Å². The lowest BCUT2D eigenvalue weighted by Gasteiger charge is -2.36. The zero-order valence-corrected chi connectivity index (χ0v) is 16.7. The van der Waals surface area contributed by atoms with Crippen LogP contribution in [0.2, 0.25) is 0 Å². The molecule has 0 aliphatic heterocycles. The maximum atomic E-state index is 11.7. The highest BCUT2D eigenvalue weighted by molar-refractivity contribution is 5.71. The van der Waals surface area contributed by atoms with E-state index in [1.807, 2.05) is 6.07 Å². The summed E-state index contributed by atoms with van der Waals surface area (Å²) in [4.78, 5) is 14.0. The molecule has 0 amide bonds. The molecule has 0 bridgehead atoms. The Morgan fingerprint density at radius 1 is 1.07 bits per heavy atom. The van der Waals surface area contributed by atoms with Crippen LogP contribution in [-0.2, 0) is 16.9 Å². The number of hydrogen-bond acceptors (Lipinski definition) is 2. The minimum Gasteiger partial charge on any atom is -0.481 e. The van der Waals surface area contributed by atoms with Crippen molar-refractivity contribution in [1.29, 1.82) is 0 Å². The van der Waals surface area contributed by atoms with Crippen LogP contribution in [0.1, 0.15) is 62.1 Å². The van der Waals surface area contributed by atoms with Crippen LogP contribution < -0.4 is 0 Å². The van der Waals surface area contributed by atoms with Crippen LogP contribution in [0.15, 0.2) is 54.6 Å². The van der Waals surface area contributed by atoms with E-state index in [-0.39, 0.29) is 17.4 Å². The fraction of sp³-hybridized carbons (Fsp3) is 0.458. The monoisotopic (exact) mass is 365 g/mol. The molecule has 0 heterocycles. The second-order valence-corrected chi connectivity index (χ2v) is 8.36. The van der Waals surface area contributed by atoms with Gasteiger partial charge in [-0.3, -0.25) is 9.69 Å². The third-order valence-electron chi connectivity index (χ3n) is 6.32. The first-order valence-electron chi connectivity index (χ1n) is 9.98. The van der Waals surface area contributed by atoms with Crippen LogP contribution in [0.5, 0.6) is 0 Å². The maximum absolute atomic E-state index is 11.7. The second kappa shape index (κ2) is 8.26. The molecule has 0 radical (unpaired) electrons. The summed E-state index contributed by atoms with van der Waals surface area (Å²) in [5, 5.41) is 9.61. The molecule has 2 aromatic carbocycles. The standard InChI is InChI=1S/C24H31NO2/c1-24(2,20-12-5-4-6-13-20)25(3)17-18-10-9-11-19(16-18)21-14-7-8-15-22(21)23(26)27/h4-6,9-13,16,21-22H,7-8,14-15,17H2,1-3H3,(H,26,27)/t21-,22+/m1/s1. The van der Waals surface area contributed by atoms with Gasteiger partial charge in [0.1, 0.15) is 0 Å². The number of benzene rings is 2. The zero-order chi connectivity index (χ0) is 19.4. The SMILES string of the molecule is CN(Cc1cccc([C@H]2CCCC[C@@H]2C(=O)O)c1)C(C)(C)c1ccccc1. The van der Waals surface area contributed by atoms with Gasteiger partial charge in [0.2, 0.25) is 0 Å². The van der Waals surface area contributed by atoms with Gasteiger partial charge in [-0.25, -0.2) is 0 Å². The molecule has 0 spiro atoms. The maximum Gasteiger partial charge on any atom is 0.307 e. The van der Waals surface area contributed by atoms with Gasteiger partial charge in [0.25, 0.3) is 0 Å². The van der Waals surface area contributed by atoms with Crippen LogP contribution in [0.4, 0.5) is 0 Å². The summed E-state index contributed by atoms with van der Waals surface area (Å²) < 4.78 is 0. The molecular weight excluding hydrogens is 334 g/mol. The normalized spacial score (nSPS) is 20.6. The van der Waals surface area contributed by atoms with Crippen LogP contribution in [-0.4, -0.2) is 23.0 Å². The molecule has 1 aliphatic carbocycles. The van der Waals surface area contributed by atoms with Crippen molar-refractivity contribution in [1.82, 2.24) is 4.90 Å². The van der Waals surface area contributed by atoms with Gasteiger partial charge in [-0.05, 0) is 56.3 Å². The van der Waals surface area contributed by atoms with Crippen molar-refractivity contribution >= 4 is 5.97 Å². The fourth-order valence-electron chi connectivity index (χ4n) is 4.29. The molecule has 0 unspecified atom stereocenters. The van der Waals surface area contributed by atoms with E-state index in [0.717, 1.165) is 32.2 Å². The predicted molar refractivity (Wildman–Crippen MR) is 110 cm³/mol. The van der Waals surface area contributed by atoms with Crippen molar-refractivity contribution in [3.8, 4) is 0 Å². The quantitative estimate of drug-likeness (QED) is 0.744. The van der Waals surface area contributed by atoms with Gasteiger partial charge in [-0.2, -0.15) is 0 Å². The van der Waals surface area contributed by atoms with Crippen LogP contribution in [0.3, 0.4) is 0 Å². The number of aliphatic carboxylic acids is 1. The summed E-state index contributed by atoms with van der Waals surface area (Å²) in [7, 11) is 2.15. The first kappa shape index (κ1) is 19.6. The molecule has 1 fully saturated rings. The van der Waals surface area contributed by atoms with Gasteiger partial charge in [-0.1, -0.05) is 67.4 Å². The summed E-state index contributed by atoms with van der Waals surface area (Å²) in [6.45, 7) is 5.32. The van der Waals surface area contributed by atoms with E-state index in [4.69, 9.17) is 0 Å². The van der Waals surface area contributed by atoms with Crippen LogP contribution >= 0.6 is 0 Å². The molecule has 1 N–H and O–H groups in total. The summed E-state index contributed by atoms with van der Waals surface area (Å²) in [6.07, 6.45) is 3.93. The Hall–Kier alpha value is -2.13. The number of carbonyl (C=O) groups is 1. The Morgan fingerprint density at radius 3 is 2.48 bits per heavy atom. The molecular formula is C24H31NO2. The predicted octanol–water partition coefficient (Wildman–Crippen LogP) is 5.41. The zero-order valence-electron chi connectivity index (χ0n) is 16.7. The molecule has 3 rings (SSSR count). The summed E-state index contributed by atoms with van der Waals surface area (Å²) in [5.74, 6) is -0.747. The Balaban J connectivity index is 1.78. The Bertz CT molecular complexity index is 769. The second-order valence-electron chi connectivity index (χ2n) is 8.36. The van der Waals surface area contributed by atoms with Crippen molar-refractivity contribution in [2.45, 2.75) is 57.5 Å². The molecule has 0 saturated heterocycles. The highest BCUT2D eigenvalue weighted by Crippen LogP contribution is 2.38. The Morgan fingerprint density at radius 2 is 1.78 bits per heavy atom. The molecule has 3 nitrogen and oxygen atoms in total. The lowest BCUT2D eigenvalue weighted by Crippen LogP contribution is -2.38. The highest BCUT2D eigenvalue weighted by Gasteiger charge is 2.32. The third-order valence-corrected chi connectivity index (χ3v) is 6.32. The van der Waals surface area contributed by atoms with Gasteiger partial charge in [0, 0.05) is 12.1 Å². The van der Waals surface area contributed by atoms with Crippen molar-refractivity contribution in [3.05, 3.63) is 71.3 Å². The summed E-state index contributed by atoms with van der Waals surface area (Å²) >= 11 is 0. The third kappa shape index (κ3) is 4.41. The van der Waals surface area contributed by atoms with Gasteiger partial charge >= 0.3 is 5.97 Å². The molecule has 2 aromatic rings. The Kier molecular flexibility index (Phi) is 6.01. The van der Waals surface area contributed by atoms with E-state index in [1.54, 1.807) is 0 Å². The lowest BCUT2D eigenvalue weighted by atomic mass is 9.75. The van der Waals surface area contributed by atoms with E-state index in [9.17, 15) is 9.90 Å². The summed E-state index contributed by atoms with van der Waals surface area (Å²) in [6, 6.07) is 19.1. The van der Waals surface area contributed by atoms with Gasteiger partial charge in [0.15, 0.2) is 0 Å².